The summed E-state index contributed by atoms with van der Waals surface area (Å²) in [4.78, 5) is 33.2. The van der Waals surface area contributed by atoms with Crippen LogP contribution in [0, 0.1) is 24.7 Å². The summed E-state index contributed by atoms with van der Waals surface area (Å²) in [6.07, 6.45) is 1.54. The number of nitrogens with zero attached hydrogens (tertiary/aromatic N) is 2. The Balaban J connectivity index is 1.31. The van der Waals surface area contributed by atoms with Crippen LogP contribution < -0.4 is 10.6 Å². The number of aryl methyl sites for hydroxylation is 1. The van der Waals surface area contributed by atoms with E-state index < -0.39 is 0 Å². The van der Waals surface area contributed by atoms with E-state index in [1.807, 2.05) is 30.5 Å². The van der Waals surface area contributed by atoms with Crippen LogP contribution in [0.25, 0.3) is 0 Å². The van der Waals surface area contributed by atoms with Crippen LogP contribution in [0.1, 0.15) is 39.9 Å². The van der Waals surface area contributed by atoms with Gasteiger partial charge in [0.25, 0.3) is 0 Å². The fourth-order valence-corrected chi connectivity index (χ4v) is 6.16. The molecule has 1 aromatic carbocycles. The second-order valence-electron chi connectivity index (χ2n) is 9.46. The monoisotopic (exact) mass is 468 g/mol. The number of hydrogen-bond acceptors (Lipinski definition) is 7. The topological polar surface area (TPSA) is 83.6 Å². The number of fused-ring (bicyclic) bond motifs is 1. The van der Waals surface area contributed by atoms with Gasteiger partial charge < -0.3 is 15.4 Å². The minimum atomic E-state index is -0.151. The number of nitrogens with one attached hydrogen (secondary N) is 2. The summed E-state index contributed by atoms with van der Waals surface area (Å²) >= 11 is 1.53. The lowest BCUT2D eigenvalue weighted by Crippen LogP contribution is -2.43. The average Bonchev–Trinajstić information content (AvgIpc) is 3.61. The van der Waals surface area contributed by atoms with Crippen LogP contribution in [-0.2, 0) is 9.53 Å². The molecule has 0 bridgehead atoms. The van der Waals surface area contributed by atoms with Crippen LogP contribution in [0.5, 0.6) is 0 Å². The van der Waals surface area contributed by atoms with Crippen molar-refractivity contribution in [3.05, 3.63) is 52.0 Å². The number of amides is 1. The fourth-order valence-electron chi connectivity index (χ4n) is 5.56. The van der Waals surface area contributed by atoms with Gasteiger partial charge in [-0.15, -0.1) is 11.3 Å². The van der Waals surface area contributed by atoms with Gasteiger partial charge in [-0.05, 0) is 43.7 Å². The minimum Gasteiger partial charge on any atom is -0.381 e. The van der Waals surface area contributed by atoms with Crippen molar-refractivity contribution in [2.75, 3.05) is 39.4 Å². The number of rotatable bonds is 8. The second-order valence-corrected chi connectivity index (χ2v) is 10.5. The van der Waals surface area contributed by atoms with Gasteiger partial charge in [-0.25, -0.2) is 4.98 Å². The van der Waals surface area contributed by atoms with Gasteiger partial charge >= 0.3 is 0 Å². The third-order valence-electron chi connectivity index (χ3n) is 7.32. The largest absolute Gasteiger partial charge is 0.381 e. The molecular formula is C25H32N4O3S. The number of ketones is 1. The van der Waals surface area contributed by atoms with E-state index in [0.717, 1.165) is 49.6 Å². The number of hydrogen-bond donors (Lipinski definition) is 2. The zero-order valence-electron chi connectivity index (χ0n) is 19.0. The van der Waals surface area contributed by atoms with Crippen molar-refractivity contribution >= 4 is 23.0 Å². The maximum Gasteiger partial charge on any atom is 0.226 e. The summed E-state index contributed by atoms with van der Waals surface area (Å²) in [6, 6.07) is 9.91. The van der Waals surface area contributed by atoms with E-state index in [0.29, 0.717) is 30.7 Å². The Labute approximate surface area is 198 Å². The highest BCUT2D eigenvalue weighted by Crippen LogP contribution is 2.35. The highest BCUT2D eigenvalue weighted by molar-refractivity contribution is 7.09. The third-order valence-corrected chi connectivity index (χ3v) is 8.10. The Hall–Kier alpha value is -2.13. The molecule has 2 N–H and O–H groups in total. The lowest BCUT2D eigenvalue weighted by atomic mass is 9.90. The molecule has 176 valence electrons. The Morgan fingerprint density at radius 2 is 2.15 bits per heavy atom. The number of thiazole rings is 1. The summed E-state index contributed by atoms with van der Waals surface area (Å²) in [5, 5.41) is 9.56. The molecule has 0 saturated carbocycles. The summed E-state index contributed by atoms with van der Waals surface area (Å²) < 4.78 is 5.42. The van der Waals surface area contributed by atoms with E-state index >= 15 is 0 Å². The van der Waals surface area contributed by atoms with Gasteiger partial charge in [-0.2, -0.15) is 0 Å². The first-order valence-electron chi connectivity index (χ1n) is 11.9. The normalized spacial score (nSPS) is 28.0. The minimum absolute atomic E-state index is 0.0643. The molecule has 3 aliphatic rings. The average molecular weight is 469 g/mol. The quantitative estimate of drug-likeness (QED) is 0.579. The molecule has 3 saturated heterocycles. The van der Waals surface area contributed by atoms with Crippen LogP contribution in [0.3, 0.4) is 0 Å². The molecule has 8 heteroatoms. The van der Waals surface area contributed by atoms with Gasteiger partial charge in [0.15, 0.2) is 5.78 Å². The molecule has 0 aliphatic carbocycles. The van der Waals surface area contributed by atoms with E-state index in [2.05, 4.69) is 32.7 Å². The lowest BCUT2D eigenvalue weighted by Gasteiger charge is -2.29. The number of aromatic nitrogens is 1. The number of likely N-dealkylation sites (tertiary alicyclic amines) is 1. The summed E-state index contributed by atoms with van der Waals surface area (Å²) in [5.74, 6) is 0.933. The molecule has 0 spiro atoms. The predicted octanol–water partition coefficient (Wildman–Crippen LogP) is 2.44. The Kier molecular flexibility index (Phi) is 6.87. The first-order valence-corrected chi connectivity index (χ1v) is 12.8. The molecule has 4 heterocycles. The van der Waals surface area contributed by atoms with E-state index in [1.165, 1.54) is 11.3 Å². The van der Waals surface area contributed by atoms with Crippen molar-refractivity contribution in [1.82, 2.24) is 20.5 Å². The van der Waals surface area contributed by atoms with Crippen LogP contribution in [-0.4, -0.2) is 67.0 Å². The third kappa shape index (κ3) is 4.89. The lowest BCUT2D eigenvalue weighted by molar-refractivity contribution is -0.125. The van der Waals surface area contributed by atoms with Gasteiger partial charge in [-0.3, -0.25) is 14.5 Å². The van der Waals surface area contributed by atoms with Crippen molar-refractivity contribution in [1.29, 1.82) is 0 Å². The van der Waals surface area contributed by atoms with Crippen LogP contribution in [0.2, 0.25) is 0 Å². The maximum atomic E-state index is 13.5. The van der Waals surface area contributed by atoms with Gasteiger partial charge in [0.05, 0.1) is 29.6 Å². The molecule has 3 unspecified atom stereocenters. The summed E-state index contributed by atoms with van der Waals surface area (Å²) in [6.45, 7) is 6.59. The Bertz CT molecular complexity index is 975. The number of Topliss-reactive ketones (excluding diaryl/α,β-unsaturated/α-hetero) is 1. The van der Waals surface area contributed by atoms with E-state index in [1.54, 1.807) is 0 Å². The fraction of sp³-hybridized carbons (Fsp3) is 0.560. The van der Waals surface area contributed by atoms with Gasteiger partial charge in [0, 0.05) is 31.6 Å². The van der Waals surface area contributed by atoms with Crippen molar-refractivity contribution < 1.29 is 14.3 Å². The summed E-state index contributed by atoms with van der Waals surface area (Å²) in [7, 11) is 0. The standard InChI is InChI=1S/C25H32N4O3S/c1-16-27-22(15-33-16)24(30)23-20-12-26-11-19(20)13-29(23)9-7-21(17-5-3-2-4-6-17)28-25(31)18-8-10-32-14-18/h2-6,15,18-21,23,26H,7-14H2,1H3,(H,28,31)/t18?,19?,20-,21?,23+/m1/s1. The number of carbonyl (C=O) groups is 2. The smallest absolute Gasteiger partial charge is 0.226 e. The molecule has 0 radical (unpaired) electrons. The molecule has 1 amide bonds. The molecular weight excluding hydrogens is 436 g/mol. The molecule has 5 rings (SSSR count). The van der Waals surface area contributed by atoms with E-state index in [-0.39, 0.29) is 29.7 Å². The first kappa shape index (κ1) is 22.7. The van der Waals surface area contributed by atoms with Crippen molar-refractivity contribution in [2.24, 2.45) is 17.8 Å². The Morgan fingerprint density at radius 3 is 2.88 bits per heavy atom. The molecule has 5 atom stereocenters. The zero-order chi connectivity index (χ0) is 22.8. The molecule has 3 aliphatic heterocycles. The van der Waals surface area contributed by atoms with Crippen molar-refractivity contribution in [3.63, 3.8) is 0 Å². The highest BCUT2D eigenvalue weighted by Gasteiger charge is 2.48. The Morgan fingerprint density at radius 1 is 1.30 bits per heavy atom. The molecule has 3 fully saturated rings. The molecule has 7 nitrogen and oxygen atoms in total. The molecule has 1 aromatic heterocycles. The molecule has 33 heavy (non-hydrogen) atoms. The molecule has 2 aromatic rings. The van der Waals surface area contributed by atoms with Gasteiger partial charge in [-0.1, -0.05) is 30.3 Å². The number of carbonyl (C=O) groups excluding carboxylic acids is 2. The van der Waals surface area contributed by atoms with E-state index in [4.69, 9.17) is 4.74 Å². The van der Waals surface area contributed by atoms with Crippen molar-refractivity contribution in [2.45, 2.75) is 31.8 Å². The first-order chi connectivity index (χ1) is 16.1. The van der Waals surface area contributed by atoms with Crippen LogP contribution in [0.15, 0.2) is 35.7 Å². The number of benzene rings is 1. The predicted molar refractivity (Wildman–Crippen MR) is 127 cm³/mol. The van der Waals surface area contributed by atoms with Crippen LogP contribution in [0.4, 0.5) is 0 Å². The highest BCUT2D eigenvalue weighted by atomic mass is 32.1. The zero-order valence-corrected chi connectivity index (χ0v) is 19.9. The number of ether oxygens (including phenoxy) is 1. The maximum absolute atomic E-state index is 13.5. The van der Waals surface area contributed by atoms with Gasteiger partial charge in [0.1, 0.15) is 5.69 Å². The SMILES string of the molecule is Cc1nc(C(=O)[C@@H]2[C@@H]3CNCC3CN2CCC(NC(=O)C2CCOC2)c2ccccc2)cs1. The van der Waals surface area contributed by atoms with Gasteiger partial charge in [0.2, 0.25) is 5.91 Å². The van der Waals surface area contributed by atoms with E-state index in [9.17, 15) is 9.59 Å². The van der Waals surface area contributed by atoms with Crippen LogP contribution >= 0.6 is 11.3 Å². The second kappa shape index (κ2) is 10.0. The summed E-state index contributed by atoms with van der Waals surface area (Å²) in [5.41, 5.74) is 1.69. The van der Waals surface area contributed by atoms with Crippen molar-refractivity contribution in [3.8, 4) is 0 Å².